The Morgan fingerprint density at radius 2 is 1.73 bits per heavy atom. The standard InChI is InChI=1S/C20H21N3O3/c1-10-15-13-9-12(24)5-6-14(13)21-18(15)11(2)17-16(10)19(25)23(20(17)26)8-7-22(3)4/h5-6,9,21,24H,7-8H2,1-4H3. The monoisotopic (exact) mass is 351 g/mol. The first-order valence-corrected chi connectivity index (χ1v) is 8.59. The maximum absolute atomic E-state index is 13.0. The first-order valence-electron chi connectivity index (χ1n) is 8.59. The van der Waals surface area contributed by atoms with Gasteiger partial charge in [0.2, 0.25) is 0 Å². The lowest BCUT2D eigenvalue weighted by Crippen LogP contribution is -2.36. The molecule has 2 N–H and O–H groups in total. The molecule has 2 amide bonds. The number of aromatic amines is 1. The minimum atomic E-state index is -0.233. The summed E-state index contributed by atoms with van der Waals surface area (Å²) in [5.74, 6) is -0.286. The summed E-state index contributed by atoms with van der Waals surface area (Å²) in [6.45, 7) is 4.74. The number of benzene rings is 2. The van der Waals surface area contributed by atoms with E-state index in [1.165, 1.54) is 4.90 Å². The Hall–Kier alpha value is -2.86. The van der Waals surface area contributed by atoms with Gasteiger partial charge in [-0.25, -0.2) is 0 Å². The van der Waals surface area contributed by atoms with Gasteiger partial charge in [-0.1, -0.05) is 0 Å². The highest BCUT2D eigenvalue weighted by atomic mass is 16.3. The van der Waals surface area contributed by atoms with Gasteiger partial charge in [0.05, 0.1) is 16.6 Å². The second kappa shape index (κ2) is 5.57. The summed E-state index contributed by atoms with van der Waals surface area (Å²) in [6.07, 6.45) is 0. The molecule has 0 saturated carbocycles. The maximum Gasteiger partial charge on any atom is 0.261 e. The summed E-state index contributed by atoms with van der Waals surface area (Å²) < 4.78 is 0. The first kappa shape index (κ1) is 16.6. The lowest BCUT2D eigenvalue weighted by molar-refractivity contribution is 0.0644. The van der Waals surface area contributed by atoms with E-state index in [9.17, 15) is 14.7 Å². The number of likely N-dealkylation sites (N-methyl/N-ethyl adjacent to an activating group) is 1. The van der Waals surface area contributed by atoms with Crippen LogP contribution in [0.4, 0.5) is 0 Å². The number of H-pyrrole nitrogens is 1. The molecule has 0 saturated heterocycles. The highest BCUT2D eigenvalue weighted by Gasteiger charge is 2.39. The molecule has 6 nitrogen and oxygen atoms in total. The number of hydrogen-bond acceptors (Lipinski definition) is 4. The van der Waals surface area contributed by atoms with E-state index in [4.69, 9.17) is 0 Å². The number of nitrogens with one attached hydrogen (secondary N) is 1. The molecule has 1 aliphatic rings. The number of hydrogen-bond donors (Lipinski definition) is 2. The molecule has 0 atom stereocenters. The van der Waals surface area contributed by atoms with Crippen LogP contribution in [0.5, 0.6) is 5.75 Å². The quantitative estimate of drug-likeness (QED) is 0.712. The zero-order chi connectivity index (χ0) is 18.7. The number of carbonyl (C=O) groups is 2. The molecule has 0 bridgehead atoms. The molecule has 26 heavy (non-hydrogen) atoms. The fourth-order valence-corrected chi connectivity index (χ4v) is 3.88. The molecule has 4 rings (SSSR count). The second-order valence-corrected chi connectivity index (χ2v) is 7.17. The number of amides is 2. The molecule has 6 heteroatoms. The predicted molar refractivity (Wildman–Crippen MR) is 101 cm³/mol. The highest BCUT2D eigenvalue weighted by molar-refractivity contribution is 6.27. The number of phenolic OH excluding ortho intramolecular Hbond substituents is 1. The van der Waals surface area contributed by atoms with Gasteiger partial charge in [-0.15, -0.1) is 0 Å². The Labute approximate surface area is 151 Å². The minimum absolute atomic E-state index is 0.172. The average Bonchev–Trinajstić information content (AvgIpc) is 3.07. The SMILES string of the molecule is Cc1c2c(c(C)c3c1[nH]c1ccc(O)cc13)C(=O)N(CCN(C)C)C2=O. The number of fused-ring (bicyclic) bond motifs is 4. The fourth-order valence-electron chi connectivity index (χ4n) is 3.88. The molecule has 0 unspecified atom stereocenters. The summed E-state index contributed by atoms with van der Waals surface area (Å²) in [6, 6.07) is 5.12. The van der Waals surface area contributed by atoms with Gasteiger partial charge in [0.1, 0.15) is 5.75 Å². The Kier molecular flexibility index (Phi) is 3.56. The number of carbonyl (C=O) groups excluding carboxylic acids is 2. The summed E-state index contributed by atoms with van der Waals surface area (Å²) >= 11 is 0. The Morgan fingerprint density at radius 1 is 1.08 bits per heavy atom. The third kappa shape index (κ3) is 2.15. The molecular weight excluding hydrogens is 330 g/mol. The second-order valence-electron chi connectivity index (χ2n) is 7.17. The average molecular weight is 351 g/mol. The van der Waals surface area contributed by atoms with Crippen molar-refractivity contribution in [3.63, 3.8) is 0 Å². The number of imide groups is 1. The Bertz CT molecular complexity index is 1100. The van der Waals surface area contributed by atoms with Crippen LogP contribution in [0.15, 0.2) is 18.2 Å². The third-order valence-electron chi connectivity index (χ3n) is 5.22. The lowest BCUT2D eigenvalue weighted by Gasteiger charge is -2.17. The van der Waals surface area contributed by atoms with Crippen LogP contribution in [0.3, 0.4) is 0 Å². The Morgan fingerprint density at radius 3 is 2.38 bits per heavy atom. The van der Waals surface area contributed by atoms with Crippen molar-refractivity contribution in [2.45, 2.75) is 13.8 Å². The van der Waals surface area contributed by atoms with Crippen LogP contribution in [0.25, 0.3) is 21.8 Å². The molecule has 2 aromatic carbocycles. The molecule has 1 aromatic heterocycles. The van der Waals surface area contributed by atoms with E-state index in [1.54, 1.807) is 12.1 Å². The third-order valence-corrected chi connectivity index (χ3v) is 5.22. The van der Waals surface area contributed by atoms with Crippen molar-refractivity contribution in [2.24, 2.45) is 0 Å². The van der Waals surface area contributed by atoms with E-state index in [1.807, 2.05) is 38.9 Å². The molecular formula is C20H21N3O3. The van der Waals surface area contributed by atoms with E-state index in [2.05, 4.69) is 4.98 Å². The van der Waals surface area contributed by atoms with Crippen LogP contribution in [0, 0.1) is 13.8 Å². The van der Waals surface area contributed by atoms with E-state index < -0.39 is 0 Å². The van der Waals surface area contributed by atoms with Crippen molar-refractivity contribution in [1.82, 2.24) is 14.8 Å². The predicted octanol–water partition coefficient (Wildman–Crippen LogP) is 2.80. The zero-order valence-corrected chi connectivity index (χ0v) is 15.3. The van der Waals surface area contributed by atoms with Gasteiger partial charge >= 0.3 is 0 Å². The van der Waals surface area contributed by atoms with Crippen LogP contribution in [-0.4, -0.2) is 58.9 Å². The maximum atomic E-state index is 13.0. The highest BCUT2D eigenvalue weighted by Crippen LogP contribution is 2.39. The first-order chi connectivity index (χ1) is 12.3. The summed E-state index contributed by atoms with van der Waals surface area (Å²) in [4.78, 5) is 32.6. The van der Waals surface area contributed by atoms with Crippen molar-refractivity contribution in [2.75, 3.05) is 27.2 Å². The normalized spacial score (nSPS) is 14.3. The van der Waals surface area contributed by atoms with Crippen molar-refractivity contribution >= 4 is 33.6 Å². The number of aromatic nitrogens is 1. The zero-order valence-electron chi connectivity index (χ0n) is 15.3. The van der Waals surface area contributed by atoms with Crippen molar-refractivity contribution in [3.8, 4) is 5.75 Å². The summed E-state index contributed by atoms with van der Waals surface area (Å²) in [7, 11) is 3.83. The number of aryl methyl sites for hydroxylation is 2. The van der Waals surface area contributed by atoms with Gasteiger partial charge < -0.3 is 15.0 Å². The summed E-state index contributed by atoms with van der Waals surface area (Å²) in [5.41, 5.74) is 4.26. The van der Waals surface area contributed by atoms with Gasteiger partial charge in [0.15, 0.2) is 0 Å². The van der Waals surface area contributed by atoms with Crippen LogP contribution >= 0.6 is 0 Å². The van der Waals surface area contributed by atoms with Gasteiger partial charge in [-0.05, 0) is 57.3 Å². The minimum Gasteiger partial charge on any atom is -0.508 e. The van der Waals surface area contributed by atoms with Crippen LogP contribution in [0.2, 0.25) is 0 Å². The molecule has 0 aliphatic carbocycles. The van der Waals surface area contributed by atoms with Gasteiger partial charge in [0.25, 0.3) is 11.8 Å². The largest absolute Gasteiger partial charge is 0.508 e. The van der Waals surface area contributed by atoms with Crippen molar-refractivity contribution < 1.29 is 14.7 Å². The van der Waals surface area contributed by atoms with Crippen molar-refractivity contribution in [1.29, 1.82) is 0 Å². The van der Waals surface area contributed by atoms with E-state index >= 15 is 0 Å². The lowest BCUT2D eigenvalue weighted by atomic mass is 9.94. The van der Waals surface area contributed by atoms with Gasteiger partial charge in [0, 0.05) is 29.4 Å². The fraction of sp³-hybridized carbons (Fsp3) is 0.300. The molecule has 1 aliphatic heterocycles. The molecule has 2 heterocycles. The Balaban J connectivity index is 1.98. The number of rotatable bonds is 3. The molecule has 0 fully saturated rings. The van der Waals surface area contributed by atoms with Crippen LogP contribution < -0.4 is 0 Å². The number of nitrogens with zero attached hydrogens (tertiary/aromatic N) is 2. The van der Waals surface area contributed by atoms with E-state index in [-0.39, 0.29) is 17.6 Å². The van der Waals surface area contributed by atoms with Crippen molar-refractivity contribution in [3.05, 3.63) is 40.5 Å². The van der Waals surface area contributed by atoms with Gasteiger partial charge in [-0.3, -0.25) is 14.5 Å². The summed E-state index contributed by atoms with van der Waals surface area (Å²) in [5, 5.41) is 11.6. The topological polar surface area (TPSA) is 76.6 Å². The number of aromatic hydroxyl groups is 1. The smallest absolute Gasteiger partial charge is 0.261 e. The molecule has 0 radical (unpaired) electrons. The molecule has 0 spiro atoms. The van der Waals surface area contributed by atoms with Crippen LogP contribution in [0.1, 0.15) is 31.8 Å². The molecule has 3 aromatic rings. The number of phenols is 1. The molecule has 134 valence electrons. The van der Waals surface area contributed by atoms with Gasteiger partial charge in [-0.2, -0.15) is 0 Å². The van der Waals surface area contributed by atoms with E-state index in [0.717, 1.165) is 32.9 Å². The van der Waals surface area contributed by atoms with E-state index in [0.29, 0.717) is 24.2 Å². The van der Waals surface area contributed by atoms with Crippen LogP contribution in [-0.2, 0) is 0 Å².